The van der Waals surface area contributed by atoms with Crippen LogP contribution in [0.4, 0.5) is 10.5 Å². The van der Waals surface area contributed by atoms with Crippen molar-refractivity contribution in [2.75, 3.05) is 11.5 Å². The predicted molar refractivity (Wildman–Crippen MR) is 159 cm³/mol. The molecule has 0 unspecified atom stereocenters. The van der Waals surface area contributed by atoms with E-state index in [1.807, 2.05) is 68.4 Å². The van der Waals surface area contributed by atoms with Crippen molar-refractivity contribution in [3.63, 3.8) is 0 Å². The molecule has 1 aliphatic heterocycles. The average Bonchev–Trinajstić information content (AvgIpc) is 3.00. The number of hydrogen-bond acceptors (Lipinski definition) is 6. The second kappa shape index (κ2) is 12.9. The Kier molecular flexibility index (Phi) is 8.63. The molecule has 0 spiro atoms. The van der Waals surface area contributed by atoms with Crippen LogP contribution in [0.5, 0.6) is 17.2 Å². The van der Waals surface area contributed by atoms with E-state index in [1.54, 1.807) is 42.5 Å². The lowest BCUT2D eigenvalue weighted by Crippen LogP contribution is -2.54. The van der Waals surface area contributed by atoms with E-state index in [0.29, 0.717) is 48.3 Å². The molecule has 0 atom stereocenters. The first-order valence-electron chi connectivity index (χ1n) is 13.5. The SMILES string of the molecule is CCOc1cc(/C=C2\C(=O)NC(=O)N(c3ccc(OCc4ccccc4)cc3)C2=O)ccc1OCc1ccc(C)cc1. The van der Waals surface area contributed by atoms with Gasteiger partial charge in [-0.05, 0) is 73.0 Å². The quantitative estimate of drug-likeness (QED) is 0.182. The molecule has 212 valence electrons. The summed E-state index contributed by atoms with van der Waals surface area (Å²) < 4.78 is 17.6. The number of benzene rings is 4. The van der Waals surface area contributed by atoms with Gasteiger partial charge in [0.15, 0.2) is 11.5 Å². The van der Waals surface area contributed by atoms with Gasteiger partial charge in [-0.15, -0.1) is 0 Å². The molecule has 1 saturated heterocycles. The molecule has 8 heteroatoms. The second-order valence-electron chi connectivity index (χ2n) is 9.64. The lowest BCUT2D eigenvalue weighted by atomic mass is 10.1. The molecule has 42 heavy (non-hydrogen) atoms. The third kappa shape index (κ3) is 6.67. The van der Waals surface area contributed by atoms with E-state index < -0.39 is 17.8 Å². The van der Waals surface area contributed by atoms with Gasteiger partial charge >= 0.3 is 6.03 Å². The topological polar surface area (TPSA) is 94.2 Å². The molecule has 0 aliphatic carbocycles. The number of amides is 4. The fourth-order valence-electron chi connectivity index (χ4n) is 4.34. The van der Waals surface area contributed by atoms with Gasteiger partial charge in [-0.2, -0.15) is 0 Å². The van der Waals surface area contributed by atoms with Gasteiger partial charge in [-0.25, -0.2) is 9.69 Å². The summed E-state index contributed by atoms with van der Waals surface area (Å²) >= 11 is 0. The van der Waals surface area contributed by atoms with Crippen molar-refractivity contribution in [1.82, 2.24) is 5.32 Å². The van der Waals surface area contributed by atoms with Gasteiger partial charge in [0, 0.05) is 0 Å². The van der Waals surface area contributed by atoms with Crippen LogP contribution in [0, 0.1) is 6.92 Å². The van der Waals surface area contributed by atoms with E-state index in [1.165, 1.54) is 6.08 Å². The molecule has 4 aromatic rings. The number of rotatable bonds is 10. The number of imide groups is 2. The monoisotopic (exact) mass is 562 g/mol. The fraction of sp³-hybridized carbons (Fsp3) is 0.147. The zero-order valence-electron chi connectivity index (χ0n) is 23.3. The molecule has 0 radical (unpaired) electrons. The molecule has 4 amide bonds. The van der Waals surface area contributed by atoms with Crippen molar-refractivity contribution < 1.29 is 28.6 Å². The number of anilines is 1. The Morgan fingerprint density at radius 1 is 0.738 bits per heavy atom. The molecule has 1 aliphatic rings. The van der Waals surface area contributed by atoms with Crippen molar-refractivity contribution >= 4 is 29.6 Å². The maximum Gasteiger partial charge on any atom is 0.335 e. The van der Waals surface area contributed by atoms with Crippen LogP contribution < -0.4 is 24.4 Å². The Morgan fingerprint density at radius 3 is 2.14 bits per heavy atom. The summed E-state index contributed by atoms with van der Waals surface area (Å²) in [5.74, 6) is 0.0700. The van der Waals surface area contributed by atoms with E-state index in [-0.39, 0.29) is 5.57 Å². The van der Waals surface area contributed by atoms with Crippen LogP contribution in [-0.2, 0) is 22.8 Å². The van der Waals surface area contributed by atoms with Gasteiger partial charge in [-0.1, -0.05) is 66.2 Å². The Bertz CT molecular complexity index is 1610. The molecule has 5 rings (SSSR count). The highest BCUT2D eigenvalue weighted by Crippen LogP contribution is 2.31. The zero-order chi connectivity index (χ0) is 29.5. The molecule has 1 N–H and O–H groups in total. The van der Waals surface area contributed by atoms with Crippen molar-refractivity contribution in [3.8, 4) is 17.2 Å². The molecular formula is C34H30N2O6. The van der Waals surface area contributed by atoms with Crippen LogP contribution in [0.3, 0.4) is 0 Å². The minimum absolute atomic E-state index is 0.185. The predicted octanol–water partition coefficient (Wildman–Crippen LogP) is 6.22. The normalized spacial score (nSPS) is 14.1. The van der Waals surface area contributed by atoms with Crippen molar-refractivity contribution in [2.24, 2.45) is 0 Å². The highest BCUT2D eigenvalue weighted by Gasteiger charge is 2.36. The number of nitrogens with zero attached hydrogens (tertiary/aromatic N) is 1. The maximum absolute atomic E-state index is 13.4. The first kappa shape index (κ1) is 28.2. The molecular weight excluding hydrogens is 532 g/mol. The molecule has 1 heterocycles. The van der Waals surface area contributed by atoms with Crippen LogP contribution in [0.1, 0.15) is 29.2 Å². The number of urea groups is 1. The number of barbiturate groups is 1. The highest BCUT2D eigenvalue weighted by molar-refractivity contribution is 6.39. The standard InChI is InChI=1S/C34H30N2O6/c1-3-40-31-20-26(13-18-30(31)42-22-25-11-9-23(2)10-12-25)19-29-32(37)35-34(39)36(33(29)38)27-14-16-28(17-15-27)41-21-24-7-5-4-6-8-24/h4-20H,3,21-22H2,1-2H3,(H,35,37,39)/b29-19+. The summed E-state index contributed by atoms with van der Waals surface area (Å²) in [6.45, 7) is 5.01. The summed E-state index contributed by atoms with van der Waals surface area (Å²) in [5, 5.41) is 2.26. The largest absolute Gasteiger partial charge is 0.490 e. The van der Waals surface area contributed by atoms with Gasteiger partial charge in [0.25, 0.3) is 11.8 Å². The van der Waals surface area contributed by atoms with Gasteiger partial charge in [0.1, 0.15) is 24.5 Å². The van der Waals surface area contributed by atoms with E-state index in [9.17, 15) is 14.4 Å². The van der Waals surface area contributed by atoms with Crippen molar-refractivity contribution in [2.45, 2.75) is 27.1 Å². The van der Waals surface area contributed by atoms with Crippen molar-refractivity contribution in [3.05, 3.63) is 125 Å². The number of carbonyl (C=O) groups excluding carboxylic acids is 3. The summed E-state index contributed by atoms with van der Waals surface area (Å²) in [7, 11) is 0. The number of ether oxygens (including phenoxy) is 3. The van der Waals surface area contributed by atoms with Gasteiger partial charge in [0.2, 0.25) is 0 Å². The Balaban J connectivity index is 1.33. The van der Waals surface area contributed by atoms with Crippen molar-refractivity contribution in [1.29, 1.82) is 0 Å². The summed E-state index contributed by atoms with van der Waals surface area (Å²) in [6, 6.07) is 28.6. The third-order valence-electron chi connectivity index (χ3n) is 6.54. The minimum atomic E-state index is -0.824. The minimum Gasteiger partial charge on any atom is -0.490 e. The van der Waals surface area contributed by atoms with E-state index >= 15 is 0 Å². The van der Waals surface area contributed by atoms with Crippen LogP contribution in [-0.4, -0.2) is 24.5 Å². The molecule has 0 bridgehead atoms. The lowest BCUT2D eigenvalue weighted by molar-refractivity contribution is -0.122. The smallest absolute Gasteiger partial charge is 0.335 e. The molecule has 0 aromatic heterocycles. The summed E-state index contributed by atoms with van der Waals surface area (Å²) in [4.78, 5) is 39.7. The molecule has 8 nitrogen and oxygen atoms in total. The van der Waals surface area contributed by atoms with Gasteiger partial charge in [0.05, 0.1) is 12.3 Å². The fourth-order valence-corrected chi connectivity index (χ4v) is 4.34. The zero-order valence-corrected chi connectivity index (χ0v) is 23.3. The van der Waals surface area contributed by atoms with Crippen LogP contribution in [0.2, 0.25) is 0 Å². The second-order valence-corrected chi connectivity index (χ2v) is 9.64. The Hall–Kier alpha value is -5.37. The average molecular weight is 563 g/mol. The molecule has 4 aromatic carbocycles. The number of carbonyl (C=O) groups is 3. The van der Waals surface area contributed by atoms with Crippen LogP contribution >= 0.6 is 0 Å². The maximum atomic E-state index is 13.4. The van der Waals surface area contributed by atoms with Gasteiger partial charge < -0.3 is 14.2 Å². The third-order valence-corrected chi connectivity index (χ3v) is 6.54. The first-order chi connectivity index (χ1) is 20.4. The Labute approximate surface area is 244 Å². The van der Waals surface area contributed by atoms with Gasteiger partial charge in [-0.3, -0.25) is 14.9 Å². The first-order valence-corrected chi connectivity index (χ1v) is 13.5. The summed E-state index contributed by atoms with van der Waals surface area (Å²) in [5.41, 5.74) is 3.85. The van der Waals surface area contributed by atoms with Crippen LogP contribution in [0.15, 0.2) is 103 Å². The Morgan fingerprint density at radius 2 is 1.43 bits per heavy atom. The van der Waals surface area contributed by atoms with E-state index in [2.05, 4.69) is 5.32 Å². The molecule has 0 saturated carbocycles. The molecule has 1 fully saturated rings. The van der Waals surface area contributed by atoms with E-state index in [4.69, 9.17) is 14.2 Å². The highest BCUT2D eigenvalue weighted by atomic mass is 16.5. The number of hydrogen-bond donors (Lipinski definition) is 1. The number of aryl methyl sites for hydroxylation is 1. The van der Waals surface area contributed by atoms with Crippen LogP contribution in [0.25, 0.3) is 6.08 Å². The lowest BCUT2D eigenvalue weighted by Gasteiger charge is -2.26. The number of nitrogens with one attached hydrogen (secondary N) is 1. The van der Waals surface area contributed by atoms with E-state index in [0.717, 1.165) is 21.6 Å². The summed E-state index contributed by atoms with van der Waals surface area (Å²) in [6.07, 6.45) is 1.43.